The van der Waals surface area contributed by atoms with E-state index in [9.17, 15) is 4.39 Å². The van der Waals surface area contributed by atoms with E-state index in [1.54, 1.807) is 0 Å². The quantitative estimate of drug-likeness (QED) is 0.726. The molecule has 0 radical (unpaired) electrons. The molecule has 0 spiro atoms. The molecule has 0 aromatic rings. The van der Waals surface area contributed by atoms with Crippen molar-refractivity contribution < 1.29 is 4.39 Å². The molecule has 0 aromatic heterocycles. The normalized spacial score (nSPS) is 39.8. The molecule has 0 bridgehead atoms. The molecule has 2 aliphatic rings. The Morgan fingerprint density at radius 2 is 1.93 bits per heavy atom. The van der Waals surface area contributed by atoms with E-state index < -0.39 is 6.17 Å². The van der Waals surface area contributed by atoms with Crippen LogP contribution in [-0.4, -0.2) is 60.8 Å². The van der Waals surface area contributed by atoms with Crippen LogP contribution in [0.5, 0.6) is 0 Å². The minimum Gasteiger partial charge on any atom is -0.325 e. The molecule has 15 heavy (non-hydrogen) atoms. The second-order valence-electron chi connectivity index (χ2n) is 4.77. The van der Waals surface area contributed by atoms with Crippen molar-refractivity contribution in [3.05, 3.63) is 0 Å². The van der Waals surface area contributed by atoms with Crippen LogP contribution in [0.2, 0.25) is 0 Å². The molecule has 3 atom stereocenters. The molecule has 0 amide bonds. The Kier molecular flexibility index (Phi) is 3.59. The van der Waals surface area contributed by atoms with Gasteiger partial charge in [-0.1, -0.05) is 6.92 Å². The van der Waals surface area contributed by atoms with Crippen molar-refractivity contribution in [1.82, 2.24) is 9.80 Å². The van der Waals surface area contributed by atoms with Crippen LogP contribution in [0.1, 0.15) is 19.8 Å². The molecule has 0 aliphatic carbocycles. The summed E-state index contributed by atoms with van der Waals surface area (Å²) >= 11 is 0. The van der Waals surface area contributed by atoms with E-state index in [1.807, 2.05) is 0 Å². The Balaban J connectivity index is 1.98. The molecule has 3 nitrogen and oxygen atoms in total. The van der Waals surface area contributed by atoms with Crippen LogP contribution in [0, 0.1) is 0 Å². The maximum atomic E-state index is 14.0. The van der Waals surface area contributed by atoms with Gasteiger partial charge in [0.25, 0.3) is 0 Å². The third kappa shape index (κ3) is 2.32. The fourth-order valence-corrected chi connectivity index (χ4v) is 2.90. The summed E-state index contributed by atoms with van der Waals surface area (Å²) in [6.07, 6.45) is 1.63. The lowest BCUT2D eigenvalue weighted by molar-refractivity contribution is 0.0328. The Bertz CT molecular complexity index is 194. The predicted molar refractivity (Wildman–Crippen MR) is 59.6 cm³/mol. The van der Waals surface area contributed by atoms with Crippen LogP contribution in [-0.2, 0) is 0 Å². The first-order valence-corrected chi connectivity index (χ1v) is 6.08. The van der Waals surface area contributed by atoms with E-state index in [4.69, 9.17) is 5.73 Å². The smallest absolute Gasteiger partial charge is 0.130 e. The molecule has 3 unspecified atom stereocenters. The fraction of sp³-hybridized carbons (Fsp3) is 1.00. The van der Waals surface area contributed by atoms with Crippen LogP contribution in [0.4, 0.5) is 4.39 Å². The highest BCUT2D eigenvalue weighted by molar-refractivity contribution is 4.96. The van der Waals surface area contributed by atoms with E-state index in [1.165, 1.54) is 12.8 Å². The first-order chi connectivity index (χ1) is 7.22. The largest absolute Gasteiger partial charge is 0.325 e. The van der Waals surface area contributed by atoms with E-state index in [2.05, 4.69) is 16.7 Å². The van der Waals surface area contributed by atoms with Gasteiger partial charge in [0, 0.05) is 19.1 Å². The molecular weight excluding hydrogens is 193 g/mol. The number of piperidine rings is 1. The second kappa shape index (κ2) is 4.76. The molecule has 2 N–H and O–H groups in total. The molecule has 88 valence electrons. The van der Waals surface area contributed by atoms with Crippen molar-refractivity contribution >= 4 is 0 Å². The highest BCUT2D eigenvalue weighted by Gasteiger charge is 2.39. The highest BCUT2D eigenvalue weighted by Crippen LogP contribution is 2.22. The van der Waals surface area contributed by atoms with Crippen LogP contribution < -0.4 is 5.73 Å². The molecule has 2 aliphatic heterocycles. The van der Waals surface area contributed by atoms with Gasteiger partial charge in [-0.15, -0.1) is 0 Å². The van der Waals surface area contributed by atoms with Gasteiger partial charge in [0.15, 0.2) is 0 Å². The van der Waals surface area contributed by atoms with Crippen LogP contribution in [0.25, 0.3) is 0 Å². The van der Waals surface area contributed by atoms with E-state index in [-0.39, 0.29) is 12.1 Å². The maximum absolute atomic E-state index is 14.0. The SMILES string of the molecule is CCN1CC(N)C(N2CCCC2)C(F)C1. The van der Waals surface area contributed by atoms with Gasteiger partial charge in [-0.05, 0) is 32.5 Å². The first kappa shape index (κ1) is 11.3. The van der Waals surface area contributed by atoms with Crippen LogP contribution >= 0.6 is 0 Å². The van der Waals surface area contributed by atoms with Gasteiger partial charge in [0.2, 0.25) is 0 Å². The zero-order valence-corrected chi connectivity index (χ0v) is 9.53. The molecular formula is C11H22FN3. The minimum atomic E-state index is -0.771. The van der Waals surface area contributed by atoms with Crippen molar-refractivity contribution in [3.63, 3.8) is 0 Å². The van der Waals surface area contributed by atoms with E-state index >= 15 is 0 Å². The van der Waals surface area contributed by atoms with Crippen molar-refractivity contribution in [2.45, 2.75) is 38.0 Å². The Hall–Kier alpha value is -0.190. The minimum absolute atomic E-state index is 0.0215. The van der Waals surface area contributed by atoms with Gasteiger partial charge in [-0.3, -0.25) is 9.80 Å². The third-order valence-corrected chi connectivity index (χ3v) is 3.72. The van der Waals surface area contributed by atoms with Crippen molar-refractivity contribution in [2.75, 3.05) is 32.7 Å². The lowest BCUT2D eigenvalue weighted by atomic mass is 9.97. The summed E-state index contributed by atoms with van der Waals surface area (Å²) in [4.78, 5) is 4.37. The number of rotatable bonds is 2. The molecule has 2 heterocycles. The molecule has 2 saturated heterocycles. The van der Waals surface area contributed by atoms with Gasteiger partial charge in [0.05, 0.1) is 6.04 Å². The molecule has 0 aromatic carbocycles. The lowest BCUT2D eigenvalue weighted by Crippen LogP contribution is -2.63. The summed E-state index contributed by atoms with van der Waals surface area (Å²) < 4.78 is 14.0. The average molecular weight is 215 g/mol. The number of likely N-dealkylation sites (tertiary alicyclic amines) is 2. The summed E-state index contributed by atoms with van der Waals surface area (Å²) in [5.41, 5.74) is 6.09. The number of alkyl halides is 1. The number of hydrogen-bond donors (Lipinski definition) is 1. The molecule has 2 fully saturated rings. The summed E-state index contributed by atoms with van der Waals surface area (Å²) in [7, 11) is 0. The monoisotopic (exact) mass is 215 g/mol. The van der Waals surface area contributed by atoms with Gasteiger partial charge in [0.1, 0.15) is 6.17 Å². The average Bonchev–Trinajstić information content (AvgIpc) is 2.69. The summed E-state index contributed by atoms with van der Waals surface area (Å²) in [5.74, 6) is 0. The van der Waals surface area contributed by atoms with Gasteiger partial charge < -0.3 is 5.73 Å². The second-order valence-corrected chi connectivity index (χ2v) is 4.77. The highest BCUT2D eigenvalue weighted by atomic mass is 19.1. The van der Waals surface area contributed by atoms with Crippen molar-refractivity contribution in [3.8, 4) is 0 Å². The number of likely N-dealkylation sites (N-methyl/N-ethyl adjacent to an activating group) is 1. The molecule has 0 saturated carbocycles. The number of nitrogens with zero attached hydrogens (tertiary/aromatic N) is 2. The first-order valence-electron chi connectivity index (χ1n) is 6.08. The molecule has 4 heteroatoms. The van der Waals surface area contributed by atoms with Crippen LogP contribution in [0.3, 0.4) is 0 Å². The summed E-state index contributed by atoms with van der Waals surface area (Å²) in [5, 5.41) is 0. The standard InChI is InChI=1S/C11H22FN3/c1-2-14-7-9(12)11(10(13)8-14)15-5-3-4-6-15/h9-11H,2-8,13H2,1H3. The summed E-state index contributed by atoms with van der Waals surface area (Å²) in [6, 6.07) is -0.0536. The van der Waals surface area contributed by atoms with Crippen molar-refractivity contribution in [2.24, 2.45) is 5.73 Å². The lowest BCUT2D eigenvalue weighted by Gasteiger charge is -2.42. The topological polar surface area (TPSA) is 32.5 Å². The number of hydrogen-bond acceptors (Lipinski definition) is 3. The van der Waals surface area contributed by atoms with Gasteiger partial charge >= 0.3 is 0 Å². The zero-order chi connectivity index (χ0) is 10.8. The Labute approximate surface area is 91.4 Å². The zero-order valence-electron chi connectivity index (χ0n) is 9.53. The van der Waals surface area contributed by atoms with Crippen LogP contribution in [0.15, 0.2) is 0 Å². The number of nitrogens with two attached hydrogens (primary N) is 1. The predicted octanol–water partition coefficient (Wildman–Crippen LogP) is 0.452. The third-order valence-electron chi connectivity index (χ3n) is 3.72. The van der Waals surface area contributed by atoms with E-state index in [0.29, 0.717) is 6.54 Å². The number of halogens is 1. The van der Waals surface area contributed by atoms with Gasteiger partial charge in [-0.2, -0.15) is 0 Å². The molecule has 2 rings (SSSR count). The van der Waals surface area contributed by atoms with E-state index in [0.717, 1.165) is 26.2 Å². The summed E-state index contributed by atoms with van der Waals surface area (Å²) in [6.45, 7) is 6.44. The Morgan fingerprint density at radius 3 is 2.47 bits per heavy atom. The van der Waals surface area contributed by atoms with Gasteiger partial charge in [-0.25, -0.2) is 4.39 Å². The fourth-order valence-electron chi connectivity index (χ4n) is 2.90. The maximum Gasteiger partial charge on any atom is 0.130 e. The van der Waals surface area contributed by atoms with Crippen molar-refractivity contribution in [1.29, 1.82) is 0 Å². The Morgan fingerprint density at radius 1 is 1.27 bits per heavy atom.